The molecular formula is C26H30N4O3. The molecule has 0 saturated carbocycles. The fourth-order valence-corrected chi connectivity index (χ4v) is 4.05. The molecule has 1 aliphatic heterocycles. The van der Waals surface area contributed by atoms with E-state index in [0.29, 0.717) is 31.5 Å². The van der Waals surface area contributed by atoms with Crippen molar-refractivity contribution in [2.45, 2.75) is 33.4 Å². The normalized spacial score (nSPS) is 15.1. The Kier molecular flexibility index (Phi) is 7.28. The first-order valence-corrected chi connectivity index (χ1v) is 11.3. The number of rotatable bonds is 8. The zero-order valence-corrected chi connectivity index (χ0v) is 19.4. The minimum absolute atomic E-state index is 0.126. The Morgan fingerprint density at radius 3 is 2.52 bits per heavy atom. The van der Waals surface area contributed by atoms with Crippen molar-refractivity contribution >= 4 is 5.88 Å². The first-order chi connectivity index (χ1) is 16.0. The Balaban J connectivity index is 1.46. The van der Waals surface area contributed by atoms with Gasteiger partial charge in [0.2, 0.25) is 17.5 Å². The lowest BCUT2D eigenvalue weighted by atomic mass is 10.0. The second kappa shape index (κ2) is 10.5. The second-order valence-electron chi connectivity index (χ2n) is 8.41. The molecule has 172 valence electrons. The fraction of sp³-hybridized carbons (Fsp3) is 0.385. The third kappa shape index (κ3) is 5.72. The summed E-state index contributed by atoms with van der Waals surface area (Å²) in [4.78, 5) is 6.71. The number of anilines is 1. The minimum atomic E-state index is 0.126. The number of morpholine rings is 1. The summed E-state index contributed by atoms with van der Waals surface area (Å²) in [6, 6.07) is 16.8. The van der Waals surface area contributed by atoms with Crippen molar-refractivity contribution in [3.8, 4) is 11.8 Å². The van der Waals surface area contributed by atoms with Crippen LogP contribution in [0.15, 0.2) is 46.9 Å². The van der Waals surface area contributed by atoms with E-state index in [1.165, 1.54) is 16.7 Å². The molecule has 1 aliphatic rings. The summed E-state index contributed by atoms with van der Waals surface area (Å²) in [5.74, 6) is 1.52. The van der Waals surface area contributed by atoms with E-state index < -0.39 is 0 Å². The van der Waals surface area contributed by atoms with Gasteiger partial charge in [-0.2, -0.15) is 10.2 Å². The minimum Gasteiger partial charge on any atom is -0.484 e. The van der Waals surface area contributed by atoms with E-state index >= 15 is 0 Å². The van der Waals surface area contributed by atoms with Gasteiger partial charge in [-0.05, 0) is 38.0 Å². The molecule has 2 heterocycles. The lowest BCUT2D eigenvalue weighted by Crippen LogP contribution is -2.41. The summed E-state index contributed by atoms with van der Waals surface area (Å²) in [5.41, 5.74) is 4.90. The van der Waals surface area contributed by atoms with E-state index in [4.69, 9.17) is 13.9 Å². The van der Waals surface area contributed by atoms with Crippen LogP contribution < -0.4 is 10.1 Å². The summed E-state index contributed by atoms with van der Waals surface area (Å²) >= 11 is 0. The van der Waals surface area contributed by atoms with Crippen LogP contribution in [0.4, 0.5) is 5.88 Å². The summed E-state index contributed by atoms with van der Waals surface area (Å²) in [6.07, 6.45) is 0. The maximum atomic E-state index is 9.57. The van der Waals surface area contributed by atoms with E-state index in [2.05, 4.69) is 58.5 Å². The highest BCUT2D eigenvalue weighted by molar-refractivity contribution is 5.46. The highest BCUT2D eigenvalue weighted by Crippen LogP contribution is 2.26. The van der Waals surface area contributed by atoms with Gasteiger partial charge in [0.1, 0.15) is 11.8 Å². The van der Waals surface area contributed by atoms with Gasteiger partial charge in [-0.1, -0.05) is 47.5 Å². The fourth-order valence-electron chi connectivity index (χ4n) is 4.05. The smallest absolute Gasteiger partial charge is 0.236 e. The van der Waals surface area contributed by atoms with Crippen molar-refractivity contribution in [2.75, 3.05) is 38.2 Å². The Morgan fingerprint density at radius 1 is 1.09 bits per heavy atom. The molecule has 1 saturated heterocycles. The van der Waals surface area contributed by atoms with E-state index in [-0.39, 0.29) is 18.3 Å². The Labute approximate surface area is 194 Å². The van der Waals surface area contributed by atoms with Crippen LogP contribution in [-0.4, -0.2) is 42.7 Å². The molecule has 0 amide bonds. The Morgan fingerprint density at radius 2 is 1.82 bits per heavy atom. The molecule has 7 heteroatoms. The Hall–Kier alpha value is -3.34. The van der Waals surface area contributed by atoms with E-state index in [1.807, 2.05) is 26.0 Å². The molecule has 3 aromatic rings. The molecule has 1 fully saturated rings. The van der Waals surface area contributed by atoms with Crippen LogP contribution in [0.1, 0.15) is 39.9 Å². The molecule has 1 N–H and O–H groups in total. The summed E-state index contributed by atoms with van der Waals surface area (Å²) < 4.78 is 17.3. The van der Waals surface area contributed by atoms with Crippen molar-refractivity contribution in [1.29, 1.82) is 5.26 Å². The van der Waals surface area contributed by atoms with Gasteiger partial charge in [0.25, 0.3) is 0 Å². The number of hydrogen-bond donors (Lipinski definition) is 1. The van der Waals surface area contributed by atoms with Crippen molar-refractivity contribution in [1.82, 2.24) is 9.88 Å². The molecule has 1 aromatic heterocycles. The molecule has 4 rings (SSSR count). The zero-order valence-electron chi connectivity index (χ0n) is 19.4. The lowest BCUT2D eigenvalue weighted by molar-refractivity contribution is 0.0186. The van der Waals surface area contributed by atoms with E-state index in [0.717, 1.165) is 24.4 Å². The molecule has 0 unspecified atom stereocenters. The molecule has 0 spiro atoms. The molecule has 1 atom stereocenters. The van der Waals surface area contributed by atoms with Crippen LogP contribution in [0.2, 0.25) is 0 Å². The van der Waals surface area contributed by atoms with Crippen molar-refractivity contribution in [2.24, 2.45) is 0 Å². The zero-order chi connectivity index (χ0) is 23.2. The van der Waals surface area contributed by atoms with Gasteiger partial charge in [0.05, 0.1) is 19.3 Å². The number of ether oxygens (including phenoxy) is 2. The van der Waals surface area contributed by atoms with Gasteiger partial charge < -0.3 is 19.2 Å². The highest BCUT2D eigenvalue weighted by atomic mass is 16.5. The number of hydrogen-bond acceptors (Lipinski definition) is 7. The van der Waals surface area contributed by atoms with Crippen LogP contribution in [-0.2, 0) is 11.3 Å². The summed E-state index contributed by atoms with van der Waals surface area (Å²) in [6.45, 7) is 10.0. The number of nitrogens with one attached hydrogen (secondary N) is 1. The summed E-state index contributed by atoms with van der Waals surface area (Å²) in [7, 11) is 0. The van der Waals surface area contributed by atoms with Crippen LogP contribution in [0.25, 0.3) is 0 Å². The quantitative estimate of drug-likeness (QED) is 0.544. The highest BCUT2D eigenvalue weighted by Gasteiger charge is 2.24. The van der Waals surface area contributed by atoms with Crippen molar-refractivity contribution in [3.05, 3.63) is 76.3 Å². The van der Waals surface area contributed by atoms with Crippen LogP contribution in [0.3, 0.4) is 0 Å². The number of nitriles is 1. The second-order valence-corrected chi connectivity index (χ2v) is 8.41. The van der Waals surface area contributed by atoms with Crippen molar-refractivity contribution < 1.29 is 13.9 Å². The van der Waals surface area contributed by atoms with Crippen LogP contribution >= 0.6 is 0 Å². The van der Waals surface area contributed by atoms with Gasteiger partial charge >= 0.3 is 0 Å². The Bertz CT molecular complexity index is 1110. The molecular weight excluding hydrogens is 416 g/mol. The number of aryl methyl sites for hydroxylation is 3. The third-order valence-electron chi connectivity index (χ3n) is 5.86. The van der Waals surface area contributed by atoms with Gasteiger partial charge in [-0.25, -0.2) is 0 Å². The first-order valence-electron chi connectivity index (χ1n) is 11.3. The molecule has 0 aliphatic carbocycles. The third-order valence-corrected chi connectivity index (χ3v) is 5.86. The standard InChI is InChI=1S/C26H30N4O3/c1-18-4-7-21(8-5-18)23(30-10-12-31-13-11-30)16-28-26-22(15-27)29-25(33-26)17-32-24-9-6-19(2)14-20(24)3/h4-9,14,23,28H,10-13,16-17H2,1-3H3/t23-/m1/s1. The van der Waals surface area contributed by atoms with Crippen LogP contribution in [0.5, 0.6) is 5.75 Å². The number of nitrogens with zero attached hydrogens (tertiary/aromatic N) is 3. The molecule has 33 heavy (non-hydrogen) atoms. The lowest BCUT2D eigenvalue weighted by Gasteiger charge is -2.35. The van der Waals surface area contributed by atoms with Gasteiger partial charge in [-0.3, -0.25) is 4.90 Å². The first kappa shape index (κ1) is 22.8. The average molecular weight is 447 g/mol. The van der Waals surface area contributed by atoms with E-state index in [1.54, 1.807) is 0 Å². The molecule has 2 aromatic carbocycles. The predicted molar refractivity (Wildman–Crippen MR) is 126 cm³/mol. The monoisotopic (exact) mass is 446 g/mol. The number of oxazole rings is 1. The average Bonchev–Trinajstić information content (AvgIpc) is 3.22. The molecule has 0 radical (unpaired) electrons. The SMILES string of the molecule is Cc1ccc([C@@H](CNc2oc(COc3ccc(C)cc3C)nc2C#N)N2CCOCC2)cc1. The largest absolute Gasteiger partial charge is 0.484 e. The van der Waals surface area contributed by atoms with Gasteiger partial charge in [0, 0.05) is 19.6 Å². The van der Waals surface area contributed by atoms with Crippen LogP contribution in [0, 0.1) is 32.1 Å². The van der Waals surface area contributed by atoms with Gasteiger partial charge in [-0.15, -0.1) is 0 Å². The predicted octanol–water partition coefficient (Wildman–Crippen LogP) is 4.54. The molecule has 0 bridgehead atoms. The van der Waals surface area contributed by atoms with E-state index in [9.17, 15) is 5.26 Å². The topological polar surface area (TPSA) is 83.6 Å². The van der Waals surface area contributed by atoms with Gasteiger partial charge in [0.15, 0.2) is 6.61 Å². The van der Waals surface area contributed by atoms with Crippen molar-refractivity contribution in [3.63, 3.8) is 0 Å². The maximum absolute atomic E-state index is 9.57. The molecule has 7 nitrogen and oxygen atoms in total. The number of benzene rings is 2. The number of aromatic nitrogens is 1. The summed E-state index contributed by atoms with van der Waals surface area (Å²) in [5, 5.41) is 12.9. The maximum Gasteiger partial charge on any atom is 0.236 e.